The lowest BCUT2D eigenvalue weighted by molar-refractivity contribution is -0.673. The van der Waals surface area contributed by atoms with Gasteiger partial charge in [0, 0.05) is 10.8 Å². The van der Waals surface area contributed by atoms with Crippen LogP contribution in [0.5, 0.6) is 0 Å². The first kappa shape index (κ1) is 8.96. The first-order chi connectivity index (χ1) is 8.45. The van der Waals surface area contributed by atoms with Crippen LogP contribution in [-0.2, 0) is 11.6 Å². The molecule has 0 bridgehead atoms. The number of nitrogens with zero attached hydrogens (tertiary/aromatic N) is 1. The van der Waals surface area contributed by atoms with Crippen LogP contribution in [0.15, 0.2) is 48.5 Å². The van der Waals surface area contributed by atoms with Crippen LogP contribution >= 0.6 is 0 Å². The summed E-state index contributed by atoms with van der Waals surface area (Å²) >= 11 is 0. The second kappa shape index (κ2) is 3.18. The number of hydrogen-bond donors (Lipinski definition) is 1. The predicted molar refractivity (Wildman–Crippen MR) is 66.4 cm³/mol. The lowest BCUT2D eigenvalue weighted by Gasteiger charge is -2.05. The van der Waals surface area contributed by atoms with E-state index in [1.54, 1.807) is 0 Å². The molecule has 3 aromatic rings. The highest BCUT2D eigenvalue weighted by molar-refractivity contribution is 6.07. The molecular formula is C14H11N2O+. The molecule has 1 aromatic heterocycles. The van der Waals surface area contributed by atoms with Gasteiger partial charge in [-0.05, 0) is 12.1 Å². The van der Waals surface area contributed by atoms with Crippen LogP contribution in [-0.4, -0.2) is 0 Å². The summed E-state index contributed by atoms with van der Waals surface area (Å²) in [5.41, 5.74) is 4.20. The van der Waals surface area contributed by atoms with E-state index in [9.17, 15) is 0 Å². The van der Waals surface area contributed by atoms with Crippen molar-refractivity contribution in [2.24, 2.45) is 0 Å². The number of benzene rings is 2. The Labute approximate surface area is 98.2 Å². The van der Waals surface area contributed by atoms with Crippen molar-refractivity contribution in [2.75, 3.05) is 5.48 Å². The van der Waals surface area contributed by atoms with Crippen molar-refractivity contribution < 1.29 is 9.40 Å². The first-order valence-electron chi connectivity index (χ1n) is 5.66. The molecule has 4 rings (SSSR count). The van der Waals surface area contributed by atoms with E-state index >= 15 is 0 Å². The summed E-state index contributed by atoms with van der Waals surface area (Å²) in [4.78, 5) is 5.34. The van der Waals surface area contributed by atoms with Gasteiger partial charge in [0.05, 0.1) is 5.39 Å². The highest BCUT2D eigenvalue weighted by Crippen LogP contribution is 2.29. The molecule has 1 N–H and O–H groups in total. The summed E-state index contributed by atoms with van der Waals surface area (Å²) in [5.74, 6) is 1.04. The van der Waals surface area contributed by atoms with Crippen molar-refractivity contribution >= 4 is 27.5 Å². The van der Waals surface area contributed by atoms with Crippen molar-refractivity contribution in [3.8, 4) is 0 Å². The van der Waals surface area contributed by atoms with Crippen molar-refractivity contribution in [3.05, 3.63) is 48.5 Å². The number of anilines is 1. The summed E-state index contributed by atoms with van der Waals surface area (Å²) in [7, 11) is 0. The molecular weight excluding hydrogens is 212 g/mol. The Bertz CT molecular complexity index is 674. The molecule has 0 saturated heterocycles. The second-order valence-corrected chi connectivity index (χ2v) is 4.21. The van der Waals surface area contributed by atoms with Gasteiger partial charge in [-0.15, -0.1) is 5.48 Å². The molecule has 1 aliphatic heterocycles. The Morgan fingerprint density at radius 1 is 0.882 bits per heavy atom. The van der Waals surface area contributed by atoms with Crippen molar-refractivity contribution in [1.29, 1.82) is 0 Å². The summed E-state index contributed by atoms with van der Waals surface area (Å²) in [6, 6.07) is 16.8. The lowest BCUT2D eigenvalue weighted by Crippen LogP contribution is -2.31. The summed E-state index contributed by atoms with van der Waals surface area (Å²) < 4.78 is 2.16. The van der Waals surface area contributed by atoms with Gasteiger partial charge in [0.2, 0.25) is 6.73 Å². The highest BCUT2D eigenvalue weighted by atomic mass is 16.7. The van der Waals surface area contributed by atoms with Crippen molar-refractivity contribution in [3.63, 3.8) is 0 Å². The van der Waals surface area contributed by atoms with Crippen LogP contribution in [0, 0.1) is 0 Å². The average Bonchev–Trinajstić information content (AvgIpc) is 2.89. The molecule has 1 aliphatic rings. The van der Waals surface area contributed by atoms with Gasteiger partial charge >= 0.3 is 5.82 Å². The smallest absolute Gasteiger partial charge is 0.196 e. The number of rotatable bonds is 0. The van der Waals surface area contributed by atoms with E-state index in [0.29, 0.717) is 6.73 Å². The van der Waals surface area contributed by atoms with Crippen LogP contribution in [0.4, 0.5) is 5.82 Å². The molecule has 0 fully saturated rings. The van der Waals surface area contributed by atoms with Gasteiger partial charge < -0.3 is 0 Å². The molecule has 0 aliphatic carbocycles. The molecule has 2 aromatic carbocycles. The van der Waals surface area contributed by atoms with Crippen LogP contribution in [0.25, 0.3) is 21.7 Å². The summed E-state index contributed by atoms with van der Waals surface area (Å²) in [6.07, 6.45) is 0. The molecule has 3 nitrogen and oxygen atoms in total. The molecule has 3 heteroatoms. The van der Waals surface area contributed by atoms with Crippen LogP contribution in [0.2, 0.25) is 0 Å². The Kier molecular flexibility index (Phi) is 1.68. The maximum atomic E-state index is 5.34. The molecule has 0 amide bonds. The third kappa shape index (κ3) is 1.11. The number of aromatic nitrogens is 1. The monoisotopic (exact) mass is 223 g/mol. The van der Waals surface area contributed by atoms with E-state index in [-0.39, 0.29) is 0 Å². The minimum absolute atomic E-state index is 0.556. The quantitative estimate of drug-likeness (QED) is 0.468. The Morgan fingerprint density at radius 3 is 2.47 bits per heavy atom. The minimum Gasteiger partial charge on any atom is -0.196 e. The van der Waals surface area contributed by atoms with E-state index < -0.39 is 0 Å². The fraction of sp³-hybridized carbons (Fsp3) is 0.0714. The molecule has 0 spiro atoms. The zero-order chi connectivity index (χ0) is 11.2. The predicted octanol–water partition coefficient (Wildman–Crippen LogP) is 2.60. The third-order valence-corrected chi connectivity index (χ3v) is 3.30. The van der Waals surface area contributed by atoms with Gasteiger partial charge in [-0.25, -0.2) is 0 Å². The Hall–Kier alpha value is -2.13. The molecule has 0 atom stereocenters. The summed E-state index contributed by atoms with van der Waals surface area (Å²) in [6.45, 7) is 0.556. The van der Waals surface area contributed by atoms with Gasteiger partial charge in [-0.1, -0.05) is 36.4 Å². The van der Waals surface area contributed by atoms with Gasteiger partial charge in [0.25, 0.3) is 0 Å². The maximum absolute atomic E-state index is 5.34. The van der Waals surface area contributed by atoms with E-state index in [2.05, 4.69) is 58.6 Å². The molecule has 0 radical (unpaired) electrons. The van der Waals surface area contributed by atoms with Crippen LogP contribution in [0.3, 0.4) is 0 Å². The first-order valence-corrected chi connectivity index (χ1v) is 5.66. The zero-order valence-corrected chi connectivity index (χ0v) is 9.18. The van der Waals surface area contributed by atoms with Gasteiger partial charge in [0.15, 0.2) is 0 Å². The standard InChI is InChI=1S/C14H10N2O/c1-2-7-12-10(5-1)11-6-3-4-8-13(11)16-9-17-15-14(12)16/h1-8H,9H2/p+1. The second-order valence-electron chi connectivity index (χ2n) is 4.21. The SMILES string of the molecule is c1ccc2c(c1)c1[n+](c3ccccc23)CON1. The largest absolute Gasteiger partial charge is 0.315 e. The van der Waals surface area contributed by atoms with Gasteiger partial charge in [-0.2, -0.15) is 9.40 Å². The van der Waals surface area contributed by atoms with Crippen molar-refractivity contribution in [1.82, 2.24) is 0 Å². The topological polar surface area (TPSA) is 25.1 Å². The molecule has 0 saturated carbocycles. The molecule has 2 heterocycles. The summed E-state index contributed by atoms with van der Waals surface area (Å²) in [5, 5.41) is 3.72. The molecule has 0 unspecified atom stereocenters. The van der Waals surface area contributed by atoms with Crippen molar-refractivity contribution in [2.45, 2.75) is 6.73 Å². The van der Waals surface area contributed by atoms with Crippen LogP contribution in [0.1, 0.15) is 0 Å². The number of nitrogens with one attached hydrogen (secondary N) is 1. The fourth-order valence-corrected chi connectivity index (χ4v) is 2.54. The third-order valence-electron chi connectivity index (χ3n) is 3.30. The maximum Gasteiger partial charge on any atom is 0.315 e. The Balaban J connectivity index is 2.34. The average molecular weight is 223 g/mol. The highest BCUT2D eigenvalue weighted by Gasteiger charge is 2.25. The number of fused-ring (bicyclic) bond motifs is 6. The molecule has 82 valence electrons. The van der Waals surface area contributed by atoms with E-state index in [1.165, 1.54) is 21.7 Å². The number of pyridine rings is 1. The van der Waals surface area contributed by atoms with Gasteiger partial charge in [0.1, 0.15) is 5.52 Å². The minimum atomic E-state index is 0.556. The molecule has 17 heavy (non-hydrogen) atoms. The Morgan fingerprint density at radius 2 is 1.59 bits per heavy atom. The number of hydrogen-bond acceptors (Lipinski definition) is 2. The van der Waals surface area contributed by atoms with E-state index in [1.807, 2.05) is 0 Å². The zero-order valence-electron chi connectivity index (χ0n) is 9.18. The normalized spacial score (nSPS) is 13.9. The van der Waals surface area contributed by atoms with E-state index in [4.69, 9.17) is 4.84 Å². The van der Waals surface area contributed by atoms with Crippen LogP contribution < -0.4 is 10.0 Å². The number of para-hydroxylation sites is 1. The fourth-order valence-electron chi connectivity index (χ4n) is 2.54. The van der Waals surface area contributed by atoms with Gasteiger partial charge in [-0.3, -0.25) is 0 Å². The van der Waals surface area contributed by atoms with E-state index in [0.717, 1.165) is 5.82 Å². The lowest BCUT2D eigenvalue weighted by atomic mass is 10.1.